The molecule has 1 fully saturated rings. The molecule has 0 unspecified atom stereocenters. The van der Waals surface area contributed by atoms with Crippen LogP contribution >= 0.6 is 0 Å². The summed E-state index contributed by atoms with van der Waals surface area (Å²) >= 11 is 0. The lowest BCUT2D eigenvalue weighted by molar-refractivity contribution is -0.782. The third-order valence-corrected chi connectivity index (χ3v) is 7.04. The predicted octanol–water partition coefficient (Wildman–Crippen LogP) is 6.06. The number of imidazole rings is 1. The summed E-state index contributed by atoms with van der Waals surface area (Å²) in [5, 5.41) is 2.97. The van der Waals surface area contributed by atoms with Crippen LogP contribution in [0.15, 0.2) is 72.8 Å². The van der Waals surface area contributed by atoms with Crippen molar-refractivity contribution in [1.82, 2.24) is 9.97 Å². The fraction of sp³-hybridized carbons (Fsp3) is 0.250. The van der Waals surface area contributed by atoms with E-state index < -0.39 is 0 Å². The maximum atomic E-state index is 14.5. The van der Waals surface area contributed by atoms with Gasteiger partial charge in [0.2, 0.25) is 0 Å². The Hall–Kier alpha value is -3.84. The highest BCUT2D eigenvalue weighted by atomic mass is 19.1. The lowest BCUT2D eigenvalue weighted by Crippen LogP contribution is -2.60. The molecule has 0 radical (unpaired) electrons. The number of hydrogen-bond acceptors (Lipinski definition) is 3. The molecule has 7 heteroatoms. The van der Waals surface area contributed by atoms with E-state index >= 15 is 0 Å². The molecule has 0 saturated carbocycles. The third kappa shape index (κ3) is 4.23. The van der Waals surface area contributed by atoms with Crippen LogP contribution in [0, 0.1) is 5.82 Å². The molecule has 5 rings (SSSR count). The molecule has 35 heavy (non-hydrogen) atoms. The highest BCUT2D eigenvalue weighted by Gasteiger charge is 2.52. The Balaban J connectivity index is 1.39. The fourth-order valence-electron chi connectivity index (χ4n) is 5.13. The number of likely N-dealkylation sites (tertiary alicyclic amines) is 1. The first kappa shape index (κ1) is 22.9. The number of nitrogens with one attached hydrogen (secondary N) is 2. The Morgan fingerprint density at radius 2 is 1.74 bits per heavy atom. The molecule has 1 saturated heterocycles. The number of carbonyl (C=O) groups excluding carboxylic acids is 2. The van der Waals surface area contributed by atoms with Gasteiger partial charge < -0.3 is 4.98 Å². The number of amides is 3. The number of nitrogens with zero attached hydrogens (tertiary/aromatic N) is 2. The van der Waals surface area contributed by atoms with E-state index in [4.69, 9.17) is 0 Å². The fourth-order valence-corrected chi connectivity index (χ4v) is 5.13. The maximum absolute atomic E-state index is 14.5. The summed E-state index contributed by atoms with van der Waals surface area (Å²) in [6.07, 6.45) is 2.21. The van der Waals surface area contributed by atoms with Crippen LogP contribution in [0.5, 0.6) is 0 Å². The van der Waals surface area contributed by atoms with Crippen LogP contribution in [0.1, 0.15) is 32.0 Å². The van der Waals surface area contributed by atoms with Crippen molar-refractivity contribution >= 4 is 28.7 Å². The van der Waals surface area contributed by atoms with E-state index in [9.17, 15) is 14.0 Å². The number of anilines is 1. The van der Waals surface area contributed by atoms with Crippen LogP contribution < -0.4 is 5.32 Å². The van der Waals surface area contributed by atoms with Gasteiger partial charge in [-0.15, -0.1) is 0 Å². The molecule has 1 aromatic heterocycles. The summed E-state index contributed by atoms with van der Waals surface area (Å²) in [5.74, 6) is 0.237. The topological polar surface area (TPSA) is 74.8 Å². The van der Waals surface area contributed by atoms with Gasteiger partial charge in [-0.25, -0.2) is 19.0 Å². The molecule has 2 N–H and O–H groups in total. The standard InChI is InChI=1S/C28H27FN4O2/c1-19-9-8-18-33(19,27(34)17-16-26-30-24-14-6-7-15-25(24)31-26)28(35)32-23-13-5-3-11-21(23)20-10-2-4-12-22(20)29/h2-7,10-15,19H,8-9,16-18H2,1H3,(H-,30,31,32,35)/p+1/t19-,33-/m1/s1. The quantitative estimate of drug-likeness (QED) is 0.348. The van der Waals surface area contributed by atoms with E-state index in [2.05, 4.69) is 15.3 Å². The minimum Gasteiger partial charge on any atom is -0.342 e. The Morgan fingerprint density at radius 3 is 2.49 bits per heavy atom. The number of rotatable bonds is 5. The van der Waals surface area contributed by atoms with E-state index in [1.165, 1.54) is 6.07 Å². The number of carbonyl (C=O) groups is 2. The summed E-state index contributed by atoms with van der Waals surface area (Å²) in [4.78, 5) is 35.2. The Labute approximate surface area is 203 Å². The molecule has 3 amide bonds. The highest BCUT2D eigenvalue weighted by Crippen LogP contribution is 2.34. The maximum Gasteiger partial charge on any atom is 0.428 e. The number of para-hydroxylation sites is 3. The SMILES string of the molecule is C[C@@H]1CCC[N@@+]1(C(=O)CCc1nc2ccccc2[nH]1)C(=O)Nc1ccccc1-c1ccccc1F. The number of hydrogen-bond donors (Lipinski definition) is 2. The van der Waals surface area contributed by atoms with Crippen molar-refractivity contribution in [2.75, 3.05) is 11.9 Å². The number of fused-ring (bicyclic) bond motifs is 1. The van der Waals surface area contributed by atoms with Crippen molar-refractivity contribution in [3.63, 3.8) is 0 Å². The second-order valence-corrected chi connectivity index (χ2v) is 9.13. The summed E-state index contributed by atoms with van der Waals surface area (Å²) in [5.41, 5.74) is 3.26. The van der Waals surface area contributed by atoms with Gasteiger partial charge >= 0.3 is 11.9 Å². The van der Waals surface area contributed by atoms with E-state index in [1.54, 1.807) is 42.5 Å². The monoisotopic (exact) mass is 471 g/mol. The van der Waals surface area contributed by atoms with Crippen LogP contribution in [-0.2, 0) is 11.2 Å². The molecule has 178 valence electrons. The van der Waals surface area contributed by atoms with Crippen molar-refractivity contribution in [1.29, 1.82) is 0 Å². The van der Waals surface area contributed by atoms with Crippen molar-refractivity contribution in [3.05, 3.63) is 84.4 Å². The predicted molar refractivity (Wildman–Crippen MR) is 134 cm³/mol. The first-order chi connectivity index (χ1) is 17.0. The number of urea groups is 1. The Kier molecular flexibility index (Phi) is 6.17. The molecule has 0 spiro atoms. The van der Waals surface area contributed by atoms with Gasteiger partial charge in [0.05, 0.1) is 29.7 Å². The second kappa shape index (κ2) is 9.43. The van der Waals surface area contributed by atoms with Gasteiger partial charge in [0.1, 0.15) is 17.7 Å². The van der Waals surface area contributed by atoms with Crippen LogP contribution in [0.25, 0.3) is 22.2 Å². The highest BCUT2D eigenvalue weighted by molar-refractivity contribution is 5.96. The summed E-state index contributed by atoms with van der Waals surface area (Å²) in [7, 11) is 0. The average molecular weight is 472 g/mol. The molecule has 6 nitrogen and oxygen atoms in total. The number of aryl methyl sites for hydroxylation is 1. The zero-order valence-corrected chi connectivity index (χ0v) is 19.6. The third-order valence-electron chi connectivity index (χ3n) is 7.04. The van der Waals surface area contributed by atoms with E-state index in [-0.39, 0.29) is 34.7 Å². The first-order valence-electron chi connectivity index (χ1n) is 12.0. The van der Waals surface area contributed by atoms with Crippen molar-refractivity contribution in [2.45, 2.75) is 38.6 Å². The van der Waals surface area contributed by atoms with Gasteiger partial charge in [0.25, 0.3) is 0 Å². The lowest BCUT2D eigenvalue weighted by Gasteiger charge is -2.33. The van der Waals surface area contributed by atoms with Crippen molar-refractivity contribution in [2.24, 2.45) is 0 Å². The van der Waals surface area contributed by atoms with Crippen LogP contribution in [0.4, 0.5) is 14.9 Å². The Morgan fingerprint density at radius 1 is 1.03 bits per heavy atom. The van der Waals surface area contributed by atoms with Gasteiger partial charge in [-0.05, 0) is 31.2 Å². The molecule has 2 atom stereocenters. The van der Waals surface area contributed by atoms with Gasteiger partial charge in [-0.3, -0.25) is 5.32 Å². The van der Waals surface area contributed by atoms with E-state index in [0.717, 1.165) is 29.7 Å². The summed E-state index contributed by atoms with van der Waals surface area (Å²) < 4.78 is 14.3. The van der Waals surface area contributed by atoms with Crippen molar-refractivity contribution in [3.8, 4) is 11.1 Å². The number of halogens is 1. The zero-order chi connectivity index (χ0) is 24.4. The molecule has 2 heterocycles. The largest absolute Gasteiger partial charge is 0.428 e. The smallest absolute Gasteiger partial charge is 0.342 e. The number of aromatic nitrogens is 2. The molecule has 3 aromatic carbocycles. The second-order valence-electron chi connectivity index (χ2n) is 9.13. The summed E-state index contributed by atoms with van der Waals surface area (Å²) in [6, 6.07) is 20.8. The molecular weight excluding hydrogens is 443 g/mol. The minimum absolute atomic E-state index is 0.128. The van der Waals surface area contributed by atoms with Gasteiger partial charge in [-0.1, -0.05) is 48.5 Å². The van der Waals surface area contributed by atoms with Gasteiger partial charge in [-0.2, -0.15) is 4.48 Å². The molecule has 1 aliphatic heterocycles. The van der Waals surface area contributed by atoms with Crippen LogP contribution in [0.2, 0.25) is 0 Å². The van der Waals surface area contributed by atoms with Gasteiger partial charge in [0, 0.05) is 30.4 Å². The number of H-pyrrole nitrogens is 1. The minimum atomic E-state index is -0.367. The number of aromatic amines is 1. The molecule has 0 bridgehead atoms. The van der Waals surface area contributed by atoms with Crippen molar-refractivity contribution < 1.29 is 18.5 Å². The lowest BCUT2D eigenvalue weighted by atomic mass is 10.0. The molecular formula is C28H28FN4O2+. The first-order valence-corrected chi connectivity index (χ1v) is 12.0. The normalized spacial score (nSPS) is 19.7. The molecule has 0 aliphatic carbocycles. The van der Waals surface area contributed by atoms with Gasteiger partial charge in [0.15, 0.2) is 0 Å². The summed E-state index contributed by atoms with van der Waals surface area (Å²) in [6.45, 7) is 2.41. The average Bonchev–Trinajstić information content (AvgIpc) is 3.47. The zero-order valence-electron chi connectivity index (χ0n) is 19.6. The van der Waals surface area contributed by atoms with E-state index in [0.29, 0.717) is 29.8 Å². The number of quaternary nitrogens is 1. The molecule has 4 aromatic rings. The van der Waals surface area contributed by atoms with Crippen LogP contribution in [0.3, 0.4) is 0 Å². The Bertz CT molecular complexity index is 1370. The van der Waals surface area contributed by atoms with Crippen LogP contribution in [-0.4, -0.2) is 39.0 Å². The number of benzene rings is 3. The number of imide groups is 1. The van der Waals surface area contributed by atoms with E-state index in [1.807, 2.05) is 31.2 Å². The molecule has 1 aliphatic rings.